The highest BCUT2D eigenvalue weighted by atomic mass is 16.6. The molecular formula is C60H75N5O2. The van der Waals surface area contributed by atoms with Crippen molar-refractivity contribution in [2.24, 2.45) is 4.99 Å². The van der Waals surface area contributed by atoms with Crippen molar-refractivity contribution in [1.29, 1.82) is 0 Å². The first-order valence-corrected chi connectivity index (χ1v) is 23.8. The highest BCUT2D eigenvalue weighted by Gasteiger charge is 2.20. The van der Waals surface area contributed by atoms with Gasteiger partial charge in [0.2, 0.25) is 0 Å². The van der Waals surface area contributed by atoms with Crippen LogP contribution in [0.1, 0.15) is 143 Å². The number of fused-ring (bicyclic) bond motifs is 5. The number of ether oxygens (including phenoxy) is 2. The molecule has 2 aliphatic rings. The van der Waals surface area contributed by atoms with E-state index in [-0.39, 0.29) is 27.1 Å². The second-order valence-electron chi connectivity index (χ2n) is 22.9. The van der Waals surface area contributed by atoms with Gasteiger partial charge in [0.15, 0.2) is 11.5 Å². The maximum atomic E-state index is 5.53. The minimum absolute atomic E-state index is 0.163. The van der Waals surface area contributed by atoms with Crippen molar-refractivity contribution in [3.63, 3.8) is 0 Å². The molecule has 0 aliphatic carbocycles. The highest BCUT2D eigenvalue weighted by molar-refractivity contribution is 5.84. The molecule has 5 heterocycles. The Morgan fingerprint density at radius 1 is 0.478 bits per heavy atom. The van der Waals surface area contributed by atoms with Crippen LogP contribution in [0.15, 0.2) is 133 Å². The Hall–Kier alpha value is -6.21. The standard InChI is InChI=1S/C13H15N.2C12H15N.C12H16O2.C11H14N2/c1-13(2,3)11-6-7-12-10(9-11)5-4-8-14-12;1-12(2,3)11-5-4-9-7-13-8-10(9)6-11;1-12(2,3)10-4-5-11-9(8-10)6-7-13-11;1-12(2,3)9-4-5-10-11(8-9)14-7-6-13-10;1-11(2,3)9-4-5-10-8(6-9)7-12-13-10/h4-9H,1-3H3;4-7H,8H2,1-3H3;4-8,13H,1-3H3;4-5,8H,6-7H2,1-3H3;4-7H,1-3H3,(H,12,13). The summed E-state index contributed by atoms with van der Waals surface area (Å²) in [7, 11) is 0. The quantitative estimate of drug-likeness (QED) is 0.159. The predicted molar refractivity (Wildman–Crippen MR) is 285 cm³/mol. The summed E-state index contributed by atoms with van der Waals surface area (Å²) in [5, 5.41) is 10.7. The Bertz CT molecular complexity index is 2830. The van der Waals surface area contributed by atoms with Crippen LogP contribution in [0, 0.1) is 0 Å². The number of hydrogen-bond acceptors (Lipinski definition) is 5. The Kier molecular flexibility index (Phi) is 15.2. The SMILES string of the molecule is CC(C)(C)c1ccc2[nH]ccc2c1.CC(C)(C)c1ccc2[nH]ncc2c1.CC(C)(C)c1ccc2c(c1)CN=C2.CC(C)(C)c1ccc2c(c1)OCCO2.CC(C)(C)c1ccc2ncccc2c1. The van der Waals surface area contributed by atoms with E-state index >= 15 is 0 Å². The van der Waals surface area contributed by atoms with Crippen LogP contribution in [0.25, 0.3) is 32.7 Å². The first-order valence-electron chi connectivity index (χ1n) is 23.8. The van der Waals surface area contributed by atoms with Crippen molar-refractivity contribution in [1.82, 2.24) is 20.2 Å². The average Bonchev–Trinajstić information content (AvgIpc) is 4.06. The molecule has 0 bridgehead atoms. The second-order valence-corrected chi connectivity index (χ2v) is 22.9. The topological polar surface area (TPSA) is 88.2 Å². The van der Waals surface area contributed by atoms with Gasteiger partial charge in [0.1, 0.15) is 13.2 Å². The summed E-state index contributed by atoms with van der Waals surface area (Å²) in [6.45, 7) is 35.5. The molecule has 2 N–H and O–H groups in total. The third kappa shape index (κ3) is 13.7. The van der Waals surface area contributed by atoms with Gasteiger partial charge in [-0.2, -0.15) is 5.10 Å². The molecule has 8 aromatic rings. The lowest BCUT2D eigenvalue weighted by Crippen LogP contribution is -2.17. The number of pyridine rings is 1. The van der Waals surface area contributed by atoms with Gasteiger partial charge in [-0.15, -0.1) is 0 Å². The first-order chi connectivity index (χ1) is 31.4. The van der Waals surface area contributed by atoms with Crippen molar-refractivity contribution in [2.45, 2.75) is 137 Å². The number of benzene rings is 5. The van der Waals surface area contributed by atoms with Crippen molar-refractivity contribution < 1.29 is 9.47 Å². The Balaban J connectivity index is 0.000000138. The van der Waals surface area contributed by atoms with E-state index in [1.165, 1.54) is 60.6 Å². The molecule has 352 valence electrons. The molecule has 0 unspecified atom stereocenters. The van der Waals surface area contributed by atoms with Crippen molar-refractivity contribution in [3.05, 3.63) is 167 Å². The van der Waals surface area contributed by atoms with E-state index in [4.69, 9.17) is 9.47 Å². The maximum absolute atomic E-state index is 5.53. The Morgan fingerprint density at radius 2 is 1.00 bits per heavy atom. The molecule has 67 heavy (non-hydrogen) atoms. The Labute approximate surface area is 400 Å². The zero-order valence-corrected chi connectivity index (χ0v) is 43.0. The molecule has 0 fully saturated rings. The molecule has 0 saturated heterocycles. The number of H-pyrrole nitrogens is 2. The van der Waals surface area contributed by atoms with Crippen LogP contribution in [0.2, 0.25) is 0 Å². The zero-order chi connectivity index (χ0) is 48.8. The third-order valence-corrected chi connectivity index (χ3v) is 12.1. The molecule has 0 atom stereocenters. The van der Waals surface area contributed by atoms with E-state index in [0.29, 0.717) is 13.2 Å². The average molecular weight is 898 g/mol. The van der Waals surface area contributed by atoms with Gasteiger partial charge in [0.05, 0.1) is 23.8 Å². The summed E-state index contributed by atoms with van der Waals surface area (Å²) >= 11 is 0. The van der Waals surface area contributed by atoms with E-state index in [9.17, 15) is 0 Å². The molecule has 0 radical (unpaired) electrons. The second kappa shape index (κ2) is 20.3. The molecule has 7 heteroatoms. The lowest BCUT2D eigenvalue weighted by Gasteiger charge is -2.23. The summed E-state index contributed by atoms with van der Waals surface area (Å²) < 4.78 is 11.0. The fourth-order valence-corrected chi connectivity index (χ4v) is 7.56. The molecule has 0 amide bonds. The van der Waals surface area contributed by atoms with Gasteiger partial charge >= 0.3 is 0 Å². The monoisotopic (exact) mass is 898 g/mol. The van der Waals surface area contributed by atoms with Crippen molar-refractivity contribution >= 4 is 38.9 Å². The summed E-state index contributed by atoms with van der Waals surface area (Å²) in [6, 6.07) is 38.6. The normalized spacial score (nSPS) is 13.3. The van der Waals surface area contributed by atoms with Crippen LogP contribution in [-0.2, 0) is 33.6 Å². The fraction of sp³-hybridized carbons (Fsp3) is 0.383. The number of hydrogen-bond donors (Lipinski definition) is 2. The maximum Gasteiger partial charge on any atom is 0.161 e. The number of nitrogens with zero attached hydrogens (tertiary/aromatic N) is 3. The molecule has 3 aromatic heterocycles. The third-order valence-electron chi connectivity index (χ3n) is 12.1. The van der Waals surface area contributed by atoms with Gasteiger partial charge in [-0.05, 0) is 132 Å². The van der Waals surface area contributed by atoms with Crippen LogP contribution in [-0.4, -0.2) is 39.6 Å². The summed E-state index contributed by atoms with van der Waals surface area (Å²) in [5.41, 5.74) is 13.9. The largest absolute Gasteiger partial charge is 0.486 e. The zero-order valence-electron chi connectivity index (χ0n) is 43.0. The summed E-state index contributed by atoms with van der Waals surface area (Å²) in [6.07, 6.45) is 7.64. The molecule has 7 nitrogen and oxygen atoms in total. The summed E-state index contributed by atoms with van der Waals surface area (Å²) in [4.78, 5) is 11.8. The number of nitrogens with one attached hydrogen (secondary N) is 2. The lowest BCUT2D eigenvalue weighted by molar-refractivity contribution is 0.171. The lowest BCUT2D eigenvalue weighted by atomic mass is 9.85. The van der Waals surface area contributed by atoms with Gasteiger partial charge < -0.3 is 14.5 Å². The van der Waals surface area contributed by atoms with Gasteiger partial charge in [0.25, 0.3) is 0 Å². The molecule has 0 saturated carbocycles. The smallest absolute Gasteiger partial charge is 0.161 e. The van der Waals surface area contributed by atoms with E-state index < -0.39 is 0 Å². The predicted octanol–water partition coefficient (Wildman–Crippen LogP) is 15.5. The van der Waals surface area contributed by atoms with Crippen molar-refractivity contribution in [2.75, 3.05) is 13.2 Å². The van der Waals surface area contributed by atoms with Gasteiger partial charge in [-0.3, -0.25) is 15.1 Å². The number of aromatic nitrogens is 4. The minimum Gasteiger partial charge on any atom is -0.486 e. The van der Waals surface area contributed by atoms with Crippen LogP contribution in [0.5, 0.6) is 11.5 Å². The van der Waals surface area contributed by atoms with Gasteiger partial charge in [-0.1, -0.05) is 152 Å². The molecular weight excluding hydrogens is 823 g/mol. The fourth-order valence-electron chi connectivity index (χ4n) is 7.56. The van der Waals surface area contributed by atoms with E-state index in [1.807, 2.05) is 36.9 Å². The molecule has 5 aromatic carbocycles. The first kappa shape index (κ1) is 50.2. The molecule has 0 spiro atoms. The highest BCUT2D eigenvalue weighted by Crippen LogP contribution is 2.35. The van der Waals surface area contributed by atoms with Crippen LogP contribution in [0.3, 0.4) is 0 Å². The number of aromatic amines is 2. The van der Waals surface area contributed by atoms with E-state index in [0.717, 1.165) is 29.1 Å². The number of aliphatic imine (C=N–C) groups is 1. The van der Waals surface area contributed by atoms with Crippen LogP contribution >= 0.6 is 0 Å². The molecule has 2 aliphatic heterocycles. The van der Waals surface area contributed by atoms with E-state index in [1.54, 1.807) is 0 Å². The van der Waals surface area contributed by atoms with Crippen LogP contribution < -0.4 is 9.47 Å². The van der Waals surface area contributed by atoms with Gasteiger partial charge in [0, 0.05) is 34.9 Å². The van der Waals surface area contributed by atoms with E-state index in [2.05, 4.69) is 226 Å². The van der Waals surface area contributed by atoms with Crippen LogP contribution in [0.4, 0.5) is 0 Å². The number of rotatable bonds is 0. The summed E-state index contributed by atoms with van der Waals surface area (Å²) in [5.74, 6) is 1.74. The Morgan fingerprint density at radius 3 is 1.64 bits per heavy atom. The van der Waals surface area contributed by atoms with Gasteiger partial charge in [-0.25, -0.2) is 0 Å². The minimum atomic E-state index is 0.163. The van der Waals surface area contributed by atoms with Crippen molar-refractivity contribution in [3.8, 4) is 11.5 Å². The molecule has 10 rings (SSSR count).